The molecule has 8 heteroatoms. The van der Waals surface area contributed by atoms with Crippen LogP contribution in [0.3, 0.4) is 0 Å². The predicted octanol–water partition coefficient (Wildman–Crippen LogP) is 4.11. The quantitative estimate of drug-likeness (QED) is 0.512. The topological polar surface area (TPSA) is 74.1 Å². The third kappa shape index (κ3) is 2.76. The summed E-state index contributed by atoms with van der Waals surface area (Å²) >= 11 is 9.31. The molecule has 2 aromatic carbocycles. The number of hydrogen-bond acceptors (Lipinski definition) is 5. The van der Waals surface area contributed by atoms with Gasteiger partial charge in [0.15, 0.2) is 5.58 Å². The van der Waals surface area contributed by atoms with E-state index in [1.54, 1.807) is 18.2 Å². The minimum atomic E-state index is -0.505. The Hall–Kier alpha value is -2.38. The van der Waals surface area contributed by atoms with Gasteiger partial charge < -0.3 is 8.94 Å². The number of hydrogen-bond donors (Lipinski definition) is 0. The predicted molar refractivity (Wildman–Crippen MR) is 92.0 cm³/mol. The zero-order valence-corrected chi connectivity index (χ0v) is 14.4. The van der Waals surface area contributed by atoms with Gasteiger partial charge in [-0.15, -0.1) is 0 Å². The van der Waals surface area contributed by atoms with E-state index in [1.165, 1.54) is 4.57 Å². The highest BCUT2D eigenvalue weighted by Crippen LogP contribution is 2.22. The smallest absolute Gasteiger partial charge is 0.408 e. The third-order valence-corrected chi connectivity index (χ3v) is 4.20. The van der Waals surface area contributed by atoms with E-state index in [9.17, 15) is 4.79 Å². The molecule has 120 valence electrons. The number of rotatable bonds is 3. The zero-order valence-electron chi connectivity index (χ0n) is 12.1. The lowest BCUT2D eigenvalue weighted by Gasteiger charge is -1.97. The van der Waals surface area contributed by atoms with Gasteiger partial charge in [-0.3, -0.25) is 4.57 Å². The molecule has 24 heavy (non-hydrogen) atoms. The van der Waals surface area contributed by atoms with Crippen LogP contribution >= 0.6 is 27.5 Å². The molecule has 0 aliphatic carbocycles. The van der Waals surface area contributed by atoms with Crippen molar-refractivity contribution in [2.75, 3.05) is 0 Å². The van der Waals surface area contributed by atoms with E-state index in [4.69, 9.17) is 20.5 Å². The van der Waals surface area contributed by atoms with E-state index in [-0.39, 0.29) is 6.54 Å². The minimum absolute atomic E-state index is 0.120. The summed E-state index contributed by atoms with van der Waals surface area (Å²) in [6, 6.07) is 12.6. The molecule has 6 nitrogen and oxygen atoms in total. The van der Waals surface area contributed by atoms with Gasteiger partial charge in [0, 0.05) is 21.1 Å². The normalized spacial score (nSPS) is 11.2. The first-order chi connectivity index (χ1) is 11.6. The van der Waals surface area contributed by atoms with Gasteiger partial charge >= 0.3 is 5.76 Å². The highest BCUT2D eigenvalue weighted by atomic mass is 79.9. The SMILES string of the molecule is O=c1oc2cc(Cl)ccc2n1Cc1nc(-c2cccc(Br)c2)no1. The molecule has 0 radical (unpaired) electrons. The second kappa shape index (κ2) is 5.92. The average molecular weight is 407 g/mol. The van der Waals surface area contributed by atoms with Crippen molar-refractivity contribution in [1.82, 2.24) is 14.7 Å². The van der Waals surface area contributed by atoms with Gasteiger partial charge in [0.05, 0.1) is 5.52 Å². The zero-order chi connectivity index (χ0) is 16.7. The van der Waals surface area contributed by atoms with Gasteiger partial charge in [-0.2, -0.15) is 4.98 Å². The highest BCUT2D eigenvalue weighted by Gasteiger charge is 2.14. The van der Waals surface area contributed by atoms with Crippen LogP contribution in [-0.2, 0) is 6.54 Å². The molecule has 0 N–H and O–H groups in total. The number of aromatic nitrogens is 3. The Morgan fingerprint density at radius 1 is 1.21 bits per heavy atom. The Morgan fingerprint density at radius 3 is 2.92 bits per heavy atom. The maximum Gasteiger partial charge on any atom is 0.420 e. The van der Waals surface area contributed by atoms with Crippen LogP contribution in [0.25, 0.3) is 22.5 Å². The first-order valence-corrected chi connectivity index (χ1v) is 8.15. The lowest BCUT2D eigenvalue weighted by molar-refractivity contribution is 0.367. The van der Waals surface area contributed by atoms with Gasteiger partial charge in [0.2, 0.25) is 11.7 Å². The van der Waals surface area contributed by atoms with Gasteiger partial charge in [0.25, 0.3) is 0 Å². The monoisotopic (exact) mass is 405 g/mol. The Balaban J connectivity index is 1.70. The second-order valence-corrected chi connectivity index (χ2v) is 6.44. The Bertz CT molecular complexity index is 1100. The molecule has 0 amide bonds. The number of halogens is 2. The molecule has 4 rings (SSSR count). The summed E-state index contributed by atoms with van der Waals surface area (Å²) in [6.07, 6.45) is 0. The van der Waals surface area contributed by atoms with Crippen LogP contribution < -0.4 is 5.76 Å². The van der Waals surface area contributed by atoms with E-state index in [2.05, 4.69) is 26.1 Å². The van der Waals surface area contributed by atoms with Crippen molar-refractivity contribution < 1.29 is 8.94 Å². The number of benzene rings is 2. The van der Waals surface area contributed by atoms with E-state index in [0.717, 1.165) is 10.0 Å². The summed E-state index contributed by atoms with van der Waals surface area (Å²) in [5, 5.41) is 4.46. The Labute approximate surface area is 148 Å². The fourth-order valence-corrected chi connectivity index (χ4v) is 2.95. The molecule has 0 atom stereocenters. The van der Waals surface area contributed by atoms with E-state index >= 15 is 0 Å². The van der Waals surface area contributed by atoms with Crippen LogP contribution in [0.2, 0.25) is 5.02 Å². The minimum Gasteiger partial charge on any atom is -0.408 e. The van der Waals surface area contributed by atoms with E-state index in [0.29, 0.717) is 27.8 Å². The molecule has 0 bridgehead atoms. The van der Waals surface area contributed by atoms with Gasteiger partial charge in [-0.25, -0.2) is 4.79 Å². The van der Waals surface area contributed by atoms with Crippen LogP contribution in [0.4, 0.5) is 0 Å². The fraction of sp³-hybridized carbons (Fsp3) is 0.0625. The largest absolute Gasteiger partial charge is 0.420 e. The lowest BCUT2D eigenvalue weighted by Crippen LogP contribution is -2.15. The molecule has 0 aliphatic heterocycles. The summed E-state index contributed by atoms with van der Waals surface area (Å²) in [5.41, 5.74) is 1.85. The maximum atomic E-state index is 12.0. The van der Waals surface area contributed by atoms with Crippen LogP contribution in [0.5, 0.6) is 0 Å². The molecular formula is C16H9BrClN3O3. The molecular weight excluding hydrogens is 398 g/mol. The molecule has 2 aromatic heterocycles. The Morgan fingerprint density at radius 2 is 2.08 bits per heavy atom. The summed E-state index contributed by atoms with van der Waals surface area (Å²) in [4.78, 5) is 16.4. The van der Waals surface area contributed by atoms with Crippen molar-refractivity contribution >= 4 is 38.6 Å². The summed E-state index contributed by atoms with van der Waals surface area (Å²) in [6.45, 7) is 0.120. The fourth-order valence-electron chi connectivity index (χ4n) is 2.39. The molecule has 0 saturated heterocycles. The van der Waals surface area contributed by atoms with E-state index < -0.39 is 5.76 Å². The van der Waals surface area contributed by atoms with Crippen LogP contribution in [0.15, 0.2) is 60.7 Å². The molecule has 0 aliphatic rings. The first kappa shape index (κ1) is 15.2. The van der Waals surface area contributed by atoms with Crippen molar-refractivity contribution in [3.05, 3.63) is 68.4 Å². The molecule has 0 spiro atoms. The number of oxazole rings is 1. The van der Waals surface area contributed by atoms with Crippen LogP contribution in [-0.4, -0.2) is 14.7 Å². The lowest BCUT2D eigenvalue weighted by atomic mass is 10.2. The number of nitrogens with zero attached hydrogens (tertiary/aromatic N) is 3. The average Bonchev–Trinajstić information content (AvgIpc) is 3.13. The van der Waals surface area contributed by atoms with Crippen LogP contribution in [0.1, 0.15) is 5.89 Å². The van der Waals surface area contributed by atoms with Crippen molar-refractivity contribution in [3.63, 3.8) is 0 Å². The van der Waals surface area contributed by atoms with Crippen molar-refractivity contribution in [1.29, 1.82) is 0 Å². The van der Waals surface area contributed by atoms with Crippen molar-refractivity contribution in [2.24, 2.45) is 0 Å². The van der Waals surface area contributed by atoms with E-state index in [1.807, 2.05) is 24.3 Å². The number of fused-ring (bicyclic) bond motifs is 1. The molecule has 0 saturated carbocycles. The Kier molecular flexibility index (Phi) is 3.74. The highest BCUT2D eigenvalue weighted by molar-refractivity contribution is 9.10. The standard InChI is InChI=1S/C16H9BrClN3O3/c17-10-3-1-2-9(6-10)15-19-14(24-20-15)8-21-12-5-4-11(18)7-13(12)23-16(21)22/h1-7H,8H2. The van der Waals surface area contributed by atoms with Crippen molar-refractivity contribution in [2.45, 2.75) is 6.54 Å². The van der Waals surface area contributed by atoms with Crippen LogP contribution in [0, 0.1) is 0 Å². The second-order valence-electron chi connectivity index (χ2n) is 5.09. The van der Waals surface area contributed by atoms with Gasteiger partial charge in [-0.05, 0) is 24.3 Å². The third-order valence-electron chi connectivity index (χ3n) is 3.47. The van der Waals surface area contributed by atoms with Crippen molar-refractivity contribution in [3.8, 4) is 11.4 Å². The summed E-state index contributed by atoms with van der Waals surface area (Å²) in [5.74, 6) is 0.259. The molecule has 2 heterocycles. The summed E-state index contributed by atoms with van der Waals surface area (Å²) in [7, 11) is 0. The van der Waals surface area contributed by atoms with Gasteiger partial charge in [-0.1, -0.05) is 44.8 Å². The molecule has 0 unspecified atom stereocenters. The molecule has 4 aromatic rings. The maximum absolute atomic E-state index is 12.0. The first-order valence-electron chi connectivity index (χ1n) is 6.97. The summed E-state index contributed by atoms with van der Waals surface area (Å²) < 4.78 is 12.8. The van der Waals surface area contributed by atoms with Gasteiger partial charge in [0.1, 0.15) is 6.54 Å². The molecule has 0 fully saturated rings.